The molecule has 1 aromatic carbocycles. The van der Waals surface area contributed by atoms with Crippen molar-refractivity contribution in [3.63, 3.8) is 0 Å². The molecule has 34 heavy (non-hydrogen) atoms. The van der Waals surface area contributed by atoms with Crippen molar-refractivity contribution in [2.24, 2.45) is 0 Å². The van der Waals surface area contributed by atoms with E-state index in [1.165, 1.54) is 12.1 Å². The van der Waals surface area contributed by atoms with Crippen LogP contribution in [0.4, 0.5) is 20.4 Å². The van der Waals surface area contributed by atoms with E-state index in [2.05, 4.69) is 5.32 Å². The SMILES string of the molecule is CC(Nc1ccccc1C(=O)O)c1cc2cccn2c2c(=O)cc(N3CCC(F)(F)CC3)oc12. The van der Waals surface area contributed by atoms with E-state index in [0.29, 0.717) is 22.4 Å². The average molecular weight is 467 g/mol. The highest BCUT2D eigenvalue weighted by atomic mass is 19.3. The van der Waals surface area contributed by atoms with Gasteiger partial charge in [-0.05, 0) is 37.3 Å². The number of carboxylic acid groups (broad SMARTS) is 1. The van der Waals surface area contributed by atoms with Crippen LogP contribution >= 0.6 is 0 Å². The van der Waals surface area contributed by atoms with E-state index in [1.807, 2.05) is 25.1 Å². The first-order chi connectivity index (χ1) is 16.2. The summed E-state index contributed by atoms with van der Waals surface area (Å²) >= 11 is 0. The summed E-state index contributed by atoms with van der Waals surface area (Å²) in [4.78, 5) is 26.5. The highest BCUT2D eigenvalue weighted by Crippen LogP contribution is 2.34. The number of pyridine rings is 1. The van der Waals surface area contributed by atoms with Crippen LogP contribution in [0.5, 0.6) is 0 Å². The summed E-state index contributed by atoms with van der Waals surface area (Å²) in [6.07, 6.45) is 1.15. The Balaban J connectivity index is 1.62. The first-order valence-corrected chi connectivity index (χ1v) is 11.0. The zero-order valence-electron chi connectivity index (χ0n) is 18.4. The number of anilines is 2. The van der Waals surface area contributed by atoms with Crippen LogP contribution in [0.25, 0.3) is 16.6 Å². The van der Waals surface area contributed by atoms with Gasteiger partial charge in [-0.1, -0.05) is 12.1 Å². The Morgan fingerprint density at radius 1 is 1.15 bits per heavy atom. The standard InChI is InChI=1S/C25H23F2N3O4/c1-15(28-19-7-3-2-6-17(19)24(32)33)18-13-16-5-4-10-30(16)22-20(31)14-21(34-23(18)22)29-11-8-25(26,27)9-12-29/h2-7,10,13-15,28H,8-9,11-12H2,1H3,(H,32,33). The lowest BCUT2D eigenvalue weighted by atomic mass is 10.0. The third-order valence-electron chi connectivity index (χ3n) is 6.30. The summed E-state index contributed by atoms with van der Waals surface area (Å²) in [5.74, 6) is -3.52. The number of nitrogens with one attached hydrogen (secondary N) is 1. The second kappa shape index (κ2) is 8.16. The van der Waals surface area contributed by atoms with Crippen LogP contribution in [0.15, 0.2) is 63.9 Å². The molecule has 4 heterocycles. The van der Waals surface area contributed by atoms with Crippen molar-refractivity contribution >= 4 is 34.2 Å². The van der Waals surface area contributed by atoms with E-state index in [9.17, 15) is 23.5 Å². The van der Waals surface area contributed by atoms with Gasteiger partial charge >= 0.3 is 5.97 Å². The third-order valence-corrected chi connectivity index (χ3v) is 6.30. The second-order valence-corrected chi connectivity index (χ2v) is 8.59. The molecule has 0 spiro atoms. The molecule has 4 aromatic rings. The largest absolute Gasteiger partial charge is 0.478 e. The van der Waals surface area contributed by atoms with Gasteiger partial charge in [-0.15, -0.1) is 0 Å². The van der Waals surface area contributed by atoms with E-state index in [1.54, 1.807) is 33.7 Å². The van der Waals surface area contributed by atoms with Crippen molar-refractivity contribution < 1.29 is 23.1 Å². The molecule has 2 N–H and O–H groups in total. The monoisotopic (exact) mass is 467 g/mol. The number of halogens is 2. The van der Waals surface area contributed by atoms with Gasteiger partial charge in [-0.25, -0.2) is 13.6 Å². The molecule has 1 unspecified atom stereocenters. The summed E-state index contributed by atoms with van der Waals surface area (Å²) in [7, 11) is 0. The first kappa shape index (κ1) is 21.9. The van der Waals surface area contributed by atoms with Crippen LogP contribution in [0.1, 0.15) is 41.7 Å². The number of rotatable bonds is 5. The smallest absolute Gasteiger partial charge is 0.337 e. The molecule has 0 bridgehead atoms. The number of nitrogens with zero attached hydrogens (tertiary/aromatic N) is 2. The van der Waals surface area contributed by atoms with Crippen molar-refractivity contribution in [3.8, 4) is 0 Å². The number of hydrogen-bond acceptors (Lipinski definition) is 5. The van der Waals surface area contributed by atoms with Crippen LogP contribution in [0.2, 0.25) is 0 Å². The van der Waals surface area contributed by atoms with Crippen molar-refractivity contribution in [2.45, 2.75) is 31.7 Å². The lowest BCUT2D eigenvalue weighted by Crippen LogP contribution is -2.39. The fraction of sp³-hybridized carbons (Fsp3) is 0.280. The summed E-state index contributed by atoms with van der Waals surface area (Å²) < 4.78 is 35.2. The van der Waals surface area contributed by atoms with Crippen LogP contribution < -0.4 is 15.6 Å². The Morgan fingerprint density at radius 2 is 1.88 bits per heavy atom. The molecule has 1 aliphatic heterocycles. The van der Waals surface area contributed by atoms with Crippen molar-refractivity contribution in [1.29, 1.82) is 0 Å². The summed E-state index contributed by atoms with van der Waals surface area (Å²) in [5, 5.41) is 12.7. The van der Waals surface area contributed by atoms with Crippen LogP contribution in [0.3, 0.4) is 0 Å². The molecule has 176 valence electrons. The fourth-order valence-electron chi connectivity index (χ4n) is 4.48. The number of fused-ring (bicyclic) bond motifs is 3. The van der Waals surface area contributed by atoms with Gasteiger partial charge in [0.25, 0.3) is 5.92 Å². The number of piperidine rings is 1. The predicted octanol–water partition coefficient (Wildman–Crippen LogP) is 5.15. The van der Waals surface area contributed by atoms with E-state index in [0.717, 1.165) is 5.52 Å². The molecule has 7 nitrogen and oxygen atoms in total. The van der Waals surface area contributed by atoms with Crippen LogP contribution in [-0.2, 0) is 0 Å². The molecule has 5 rings (SSSR count). The zero-order valence-corrected chi connectivity index (χ0v) is 18.4. The summed E-state index contributed by atoms with van der Waals surface area (Å²) in [6, 6.07) is 13.1. The maximum absolute atomic E-state index is 13.7. The number of carbonyl (C=O) groups is 1. The van der Waals surface area contributed by atoms with Crippen LogP contribution in [-0.4, -0.2) is 34.5 Å². The van der Waals surface area contributed by atoms with E-state index >= 15 is 0 Å². The van der Waals surface area contributed by atoms with Gasteiger partial charge in [0.15, 0.2) is 11.5 Å². The fourth-order valence-corrected chi connectivity index (χ4v) is 4.48. The van der Waals surface area contributed by atoms with Gasteiger partial charge in [-0.3, -0.25) is 4.79 Å². The highest BCUT2D eigenvalue weighted by Gasteiger charge is 2.35. The number of aromatic carboxylic acids is 1. The molecule has 9 heteroatoms. The number of carboxylic acids is 1. The van der Waals surface area contributed by atoms with E-state index in [4.69, 9.17) is 4.42 Å². The molecule has 0 aliphatic carbocycles. The van der Waals surface area contributed by atoms with Crippen molar-refractivity contribution in [3.05, 3.63) is 76.1 Å². The normalized spacial score (nSPS) is 16.6. The molecule has 1 fully saturated rings. The Morgan fingerprint density at radius 3 is 2.62 bits per heavy atom. The Labute approximate surface area is 193 Å². The van der Waals surface area contributed by atoms with Gasteiger partial charge in [0.2, 0.25) is 5.43 Å². The molecule has 0 saturated carbocycles. The molecule has 1 aliphatic rings. The Bertz CT molecular complexity index is 1450. The minimum Gasteiger partial charge on any atom is -0.478 e. The molecule has 0 amide bonds. The van der Waals surface area contributed by atoms with Gasteiger partial charge < -0.3 is 24.1 Å². The molecule has 1 saturated heterocycles. The molecule has 3 aromatic heterocycles. The summed E-state index contributed by atoms with van der Waals surface area (Å²) in [5.41, 5.74) is 2.37. The number of aromatic nitrogens is 1. The maximum atomic E-state index is 13.7. The quantitative estimate of drug-likeness (QED) is 0.422. The topological polar surface area (TPSA) is 87.2 Å². The Kier molecular flexibility index (Phi) is 5.27. The van der Waals surface area contributed by atoms with Crippen molar-refractivity contribution in [2.75, 3.05) is 23.3 Å². The zero-order chi connectivity index (χ0) is 24.0. The van der Waals surface area contributed by atoms with Gasteiger partial charge in [0.05, 0.1) is 11.6 Å². The van der Waals surface area contributed by atoms with E-state index in [-0.39, 0.29) is 42.8 Å². The first-order valence-electron chi connectivity index (χ1n) is 11.0. The molecular formula is C25H23F2N3O4. The number of hydrogen-bond donors (Lipinski definition) is 2. The van der Waals surface area contributed by atoms with Gasteiger partial charge in [0, 0.05) is 55.0 Å². The minimum absolute atomic E-state index is 0.0856. The highest BCUT2D eigenvalue weighted by molar-refractivity contribution is 5.94. The number of para-hydroxylation sites is 1. The molecular weight excluding hydrogens is 444 g/mol. The maximum Gasteiger partial charge on any atom is 0.337 e. The van der Waals surface area contributed by atoms with Gasteiger partial charge in [0.1, 0.15) is 5.52 Å². The number of benzene rings is 1. The lowest BCUT2D eigenvalue weighted by molar-refractivity contribution is -0.0225. The van der Waals surface area contributed by atoms with E-state index < -0.39 is 17.9 Å². The van der Waals surface area contributed by atoms with Crippen molar-refractivity contribution in [1.82, 2.24) is 4.40 Å². The average Bonchev–Trinajstić information content (AvgIpc) is 3.27. The molecule has 1 atom stereocenters. The lowest BCUT2D eigenvalue weighted by Gasteiger charge is -2.32. The van der Waals surface area contributed by atoms with Crippen LogP contribution in [0, 0.1) is 0 Å². The predicted molar refractivity (Wildman–Crippen MR) is 125 cm³/mol. The Hall–Kier alpha value is -3.88. The van der Waals surface area contributed by atoms with Gasteiger partial charge in [-0.2, -0.15) is 0 Å². The third kappa shape index (κ3) is 3.87. The molecule has 0 radical (unpaired) electrons. The minimum atomic E-state index is -2.72. The summed E-state index contributed by atoms with van der Waals surface area (Å²) in [6.45, 7) is 2.02. The number of alkyl halides is 2. The second-order valence-electron chi connectivity index (χ2n) is 8.59.